The van der Waals surface area contributed by atoms with Crippen molar-refractivity contribution in [1.82, 2.24) is 31.9 Å². The number of carboxylic acid groups (broad SMARTS) is 1. The van der Waals surface area contributed by atoms with Gasteiger partial charge in [-0.3, -0.25) is 33.6 Å². The van der Waals surface area contributed by atoms with Gasteiger partial charge in [0.1, 0.15) is 18.1 Å². The molecule has 1 aromatic carbocycles. The molecule has 6 atom stereocenters. The molecule has 0 spiro atoms. The summed E-state index contributed by atoms with van der Waals surface area (Å²) < 4.78 is 0. The second-order valence-corrected chi connectivity index (χ2v) is 14.9. The highest BCUT2D eigenvalue weighted by Gasteiger charge is 2.31. The van der Waals surface area contributed by atoms with Crippen molar-refractivity contribution in [3.63, 3.8) is 0 Å². The van der Waals surface area contributed by atoms with Crippen molar-refractivity contribution in [2.45, 2.75) is 144 Å². The molecule has 304 valence electrons. The van der Waals surface area contributed by atoms with Crippen LogP contribution < -0.4 is 37.6 Å². The topological polar surface area (TPSA) is 238 Å². The summed E-state index contributed by atoms with van der Waals surface area (Å²) in [5.74, 6) is -3.71. The van der Waals surface area contributed by atoms with Gasteiger partial charge in [0.25, 0.3) is 0 Å². The van der Waals surface area contributed by atoms with Crippen LogP contribution in [0.2, 0.25) is 0 Å². The van der Waals surface area contributed by atoms with Gasteiger partial charge in [0.15, 0.2) is 0 Å². The zero-order valence-corrected chi connectivity index (χ0v) is 33.4. The first-order valence-corrected chi connectivity index (χ1v) is 19.2. The molecule has 0 bridgehead atoms. The van der Waals surface area contributed by atoms with Crippen LogP contribution in [0.5, 0.6) is 0 Å². The molecule has 0 aromatic heterocycles. The van der Waals surface area contributed by atoms with Gasteiger partial charge in [-0.25, -0.2) is 0 Å². The number of carbonyl (C=O) groups is 7. The van der Waals surface area contributed by atoms with E-state index in [-0.39, 0.29) is 80.3 Å². The van der Waals surface area contributed by atoms with Crippen LogP contribution in [0.4, 0.5) is 0 Å². The lowest BCUT2D eigenvalue weighted by Crippen LogP contribution is -2.58. The Bertz CT molecular complexity index is 1390. The van der Waals surface area contributed by atoms with E-state index in [2.05, 4.69) is 31.9 Å². The van der Waals surface area contributed by atoms with E-state index in [0.29, 0.717) is 25.7 Å². The predicted octanol–water partition coefficient (Wildman–Crippen LogP) is 2.05. The minimum absolute atomic E-state index is 0.0340. The molecular weight excluding hydrogens is 694 g/mol. The van der Waals surface area contributed by atoms with Crippen LogP contribution in [0, 0.1) is 17.8 Å². The first-order valence-electron chi connectivity index (χ1n) is 19.2. The van der Waals surface area contributed by atoms with Gasteiger partial charge in [-0.05, 0) is 55.1 Å². The van der Waals surface area contributed by atoms with Crippen LogP contribution in [0.25, 0.3) is 0 Å². The van der Waals surface area contributed by atoms with Gasteiger partial charge >= 0.3 is 5.97 Å². The largest absolute Gasteiger partial charge is 0.481 e. The number of carboxylic acids is 1. The Morgan fingerprint density at radius 1 is 0.741 bits per heavy atom. The molecule has 0 radical (unpaired) electrons. The summed E-state index contributed by atoms with van der Waals surface area (Å²) >= 11 is 0. The van der Waals surface area contributed by atoms with Gasteiger partial charge in [0.05, 0.1) is 12.5 Å². The highest BCUT2D eigenvalue weighted by atomic mass is 16.4. The van der Waals surface area contributed by atoms with Crippen molar-refractivity contribution in [1.29, 1.82) is 0 Å². The molecule has 0 aliphatic heterocycles. The molecule has 54 heavy (non-hydrogen) atoms. The molecule has 15 heteroatoms. The lowest BCUT2D eigenvalue weighted by molar-refractivity contribution is -0.137. The molecule has 6 amide bonds. The van der Waals surface area contributed by atoms with Gasteiger partial charge in [-0.1, -0.05) is 85.6 Å². The van der Waals surface area contributed by atoms with E-state index in [4.69, 9.17) is 10.8 Å². The molecule has 0 fully saturated rings. The fourth-order valence-electron chi connectivity index (χ4n) is 5.73. The summed E-state index contributed by atoms with van der Waals surface area (Å²) in [4.78, 5) is 88.0. The third kappa shape index (κ3) is 18.5. The van der Waals surface area contributed by atoms with Crippen LogP contribution in [0.3, 0.4) is 0 Å². The smallest absolute Gasteiger partial charge is 0.303 e. The summed E-state index contributed by atoms with van der Waals surface area (Å²) in [7, 11) is 0. The van der Waals surface area contributed by atoms with E-state index in [1.54, 1.807) is 31.2 Å². The lowest BCUT2D eigenvalue weighted by Gasteiger charge is -2.29. The fraction of sp³-hybridized carbons (Fsp3) is 0.667. The van der Waals surface area contributed by atoms with E-state index in [1.807, 2.05) is 48.5 Å². The van der Waals surface area contributed by atoms with Crippen LogP contribution >= 0.6 is 0 Å². The van der Waals surface area contributed by atoms with Crippen molar-refractivity contribution in [2.75, 3.05) is 6.54 Å². The quantitative estimate of drug-likeness (QED) is 0.0689. The molecule has 9 N–H and O–H groups in total. The fourth-order valence-corrected chi connectivity index (χ4v) is 5.73. The maximum absolute atomic E-state index is 13.6. The maximum atomic E-state index is 13.6. The van der Waals surface area contributed by atoms with Gasteiger partial charge < -0.3 is 42.7 Å². The molecule has 0 saturated heterocycles. The molecule has 15 nitrogen and oxygen atoms in total. The summed E-state index contributed by atoms with van der Waals surface area (Å²) in [6, 6.07) is 3.50. The first-order chi connectivity index (χ1) is 25.4. The number of primary amides is 1. The molecule has 0 unspecified atom stereocenters. The summed E-state index contributed by atoms with van der Waals surface area (Å²) in [6.45, 7) is 15.5. The Morgan fingerprint density at radius 2 is 1.37 bits per heavy atom. The summed E-state index contributed by atoms with van der Waals surface area (Å²) in [6.07, 6.45) is 2.22. The second kappa shape index (κ2) is 24.7. The molecule has 0 saturated carbocycles. The monoisotopic (exact) mass is 759 g/mol. The Labute approximate surface area is 320 Å². The summed E-state index contributed by atoms with van der Waals surface area (Å²) in [5.41, 5.74) is 6.85. The number of rotatable bonds is 26. The van der Waals surface area contributed by atoms with Gasteiger partial charge in [-0.15, -0.1) is 0 Å². The minimum Gasteiger partial charge on any atom is -0.481 e. The number of carbonyl (C=O) groups excluding carboxylic acids is 6. The van der Waals surface area contributed by atoms with E-state index < -0.39 is 47.9 Å². The number of aliphatic carboxylic acids is 1. The van der Waals surface area contributed by atoms with E-state index in [9.17, 15) is 33.6 Å². The average molecular weight is 760 g/mol. The Morgan fingerprint density at radius 3 is 1.91 bits per heavy atom. The maximum Gasteiger partial charge on any atom is 0.303 e. The standard InChI is InChI=1S/C39H65N7O8/c1-9-12-30(44-39(54)35(25(7)10-2)45-32(48)13-11-14-33(49)50)37(52)43-29(19-23(3)4)22-41-26(8)36(51)46-34(24(5)6)38(53)42-21-28-17-15-27(16-18-28)20-31(40)47/h15-18,23-26,29-30,34-35,41H,9-14,19-22H2,1-8H3,(H2,40,47)(H,42,53)(H,43,52)(H,44,54)(H,45,48)(H,46,51)(H,49,50)/t25-,26-,29-,30-,34-,35-/m0/s1. The van der Waals surface area contributed by atoms with Crippen LogP contribution in [-0.2, 0) is 46.5 Å². The Balaban J connectivity index is 2.89. The molecule has 0 aliphatic carbocycles. The SMILES string of the molecule is CCC[C@H](NC(=O)[C@@H](NC(=O)CCCC(=O)O)[C@@H](C)CC)C(=O)N[C@H](CN[C@@H](C)C(=O)N[C@H](C(=O)NCc1ccc(CC(N)=O)cc1)C(C)C)CC(C)C. The zero-order chi connectivity index (χ0) is 41.0. The van der Waals surface area contributed by atoms with Gasteiger partial charge in [-0.2, -0.15) is 0 Å². The number of hydrogen-bond acceptors (Lipinski definition) is 8. The Hall–Kier alpha value is -4.53. The van der Waals surface area contributed by atoms with Crippen LogP contribution in [-0.4, -0.2) is 83.3 Å². The highest BCUT2D eigenvalue weighted by molar-refractivity contribution is 5.92. The normalized spacial score (nSPS) is 14.6. The van der Waals surface area contributed by atoms with E-state index in [0.717, 1.165) is 11.1 Å². The van der Waals surface area contributed by atoms with Crippen molar-refractivity contribution < 1.29 is 38.7 Å². The third-order valence-electron chi connectivity index (χ3n) is 9.10. The highest BCUT2D eigenvalue weighted by Crippen LogP contribution is 2.12. The van der Waals surface area contributed by atoms with Crippen molar-refractivity contribution in [3.8, 4) is 0 Å². The lowest BCUT2D eigenvalue weighted by atomic mass is 9.97. The van der Waals surface area contributed by atoms with E-state index in [1.165, 1.54) is 0 Å². The number of amides is 6. The van der Waals surface area contributed by atoms with Crippen molar-refractivity contribution in [2.24, 2.45) is 23.5 Å². The summed E-state index contributed by atoms with van der Waals surface area (Å²) in [5, 5.41) is 26.4. The van der Waals surface area contributed by atoms with Crippen LogP contribution in [0.1, 0.15) is 111 Å². The van der Waals surface area contributed by atoms with Crippen LogP contribution in [0.15, 0.2) is 24.3 Å². The Kier molecular flexibility index (Phi) is 21.7. The van der Waals surface area contributed by atoms with Crippen molar-refractivity contribution in [3.05, 3.63) is 35.4 Å². The number of nitrogens with one attached hydrogen (secondary N) is 6. The number of hydrogen-bond donors (Lipinski definition) is 8. The number of nitrogens with two attached hydrogens (primary N) is 1. The molecule has 1 aromatic rings. The molecule has 0 heterocycles. The van der Waals surface area contributed by atoms with E-state index >= 15 is 0 Å². The molecule has 1 rings (SSSR count). The first kappa shape index (κ1) is 47.5. The minimum atomic E-state index is -1.00. The van der Waals surface area contributed by atoms with Gasteiger partial charge in [0, 0.05) is 32.0 Å². The van der Waals surface area contributed by atoms with Crippen molar-refractivity contribution >= 4 is 41.4 Å². The zero-order valence-electron chi connectivity index (χ0n) is 33.4. The van der Waals surface area contributed by atoms with Gasteiger partial charge in [0.2, 0.25) is 35.4 Å². The average Bonchev–Trinajstić information content (AvgIpc) is 3.09. The predicted molar refractivity (Wildman–Crippen MR) is 207 cm³/mol. The number of benzene rings is 1. The third-order valence-corrected chi connectivity index (χ3v) is 9.10. The second-order valence-electron chi connectivity index (χ2n) is 14.9. The molecular formula is C39H65N7O8. The molecule has 0 aliphatic rings.